The zero-order valence-corrected chi connectivity index (χ0v) is 15.8. The van der Waals surface area contributed by atoms with E-state index in [0.717, 1.165) is 43.4 Å². The summed E-state index contributed by atoms with van der Waals surface area (Å²) in [5.41, 5.74) is 1.20. The number of carbonyl (C=O) groups is 1. The molecule has 0 spiro atoms. The zero-order chi connectivity index (χ0) is 19.3. The molecule has 0 saturated heterocycles. The van der Waals surface area contributed by atoms with Crippen LogP contribution in [0.4, 0.5) is 10.1 Å². The molecule has 27 heavy (non-hydrogen) atoms. The predicted molar refractivity (Wildman–Crippen MR) is 102 cm³/mol. The van der Waals surface area contributed by atoms with Crippen molar-refractivity contribution in [2.45, 2.75) is 49.5 Å². The predicted octanol–water partition coefficient (Wildman–Crippen LogP) is 3.62. The number of halogens is 1. The molecule has 1 fully saturated rings. The first-order valence-electron chi connectivity index (χ1n) is 9.09. The van der Waals surface area contributed by atoms with Crippen molar-refractivity contribution in [3.63, 3.8) is 0 Å². The van der Waals surface area contributed by atoms with E-state index in [1.165, 1.54) is 18.6 Å². The van der Waals surface area contributed by atoms with Crippen LogP contribution in [-0.2, 0) is 21.2 Å². The van der Waals surface area contributed by atoms with Crippen LogP contribution in [0.1, 0.15) is 37.7 Å². The van der Waals surface area contributed by atoms with Crippen molar-refractivity contribution in [3.05, 3.63) is 59.9 Å². The van der Waals surface area contributed by atoms with Crippen LogP contribution in [0.3, 0.4) is 0 Å². The molecule has 1 amide bonds. The lowest BCUT2D eigenvalue weighted by Gasteiger charge is -2.22. The fourth-order valence-corrected chi connectivity index (χ4v) is 4.29. The maximum atomic E-state index is 13.0. The Bertz CT molecular complexity index is 874. The summed E-state index contributed by atoms with van der Waals surface area (Å²) in [6.07, 6.45) is 5.90. The molecule has 1 aliphatic carbocycles. The second-order valence-electron chi connectivity index (χ2n) is 6.84. The highest BCUT2D eigenvalue weighted by Crippen LogP contribution is 2.19. The Morgan fingerprint density at radius 2 is 1.59 bits per heavy atom. The van der Waals surface area contributed by atoms with Crippen molar-refractivity contribution in [1.29, 1.82) is 0 Å². The lowest BCUT2D eigenvalue weighted by atomic mass is 9.95. The average molecular weight is 390 g/mol. The molecule has 7 heteroatoms. The van der Waals surface area contributed by atoms with Crippen LogP contribution in [0.25, 0.3) is 0 Å². The van der Waals surface area contributed by atoms with Crippen molar-refractivity contribution >= 4 is 21.6 Å². The minimum Gasteiger partial charge on any atom is -0.353 e. The Hall–Kier alpha value is -2.41. The van der Waals surface area contributed by atoms with Gasteiger partial charge in [0.2, 0.25) is 5.91 Å². The Kier molecular flexibility index (Phi) is 6.11. The van der Waals surface area contributed by atoms with Gasteiger partial charge in [-0.1, -0.05) is 31.4 Å². The highest BCUT2D eigenvalue weighted by molar-refractivity contribution is 7.92. The van der Waals surface area contributed by atoms with E-state index in [9.17, 15) is 17.6 Å². The summed E-state index contributed by atoms with van der Waals surface area (Å²) in [6, 6.07) is 11.6. The number of rotatable bonds is 6. The summed E-state index contributed by atoms with van der Waals surface area (Å²) in [4.78, 5) is 12.1. The molecular weight excluding hydrogens is 367 g/mol. The van der Waals surface area contributed by atoms with Gasteiger partial charge in [-0.3, -0.25) is 9.52 Å². The summed E-state index contributed by atoms with van der Waals surface area (Å²) in [6.45, 7) is 0. The Balaban J connectivity index is 1.58. The number of sulfonamides is 1. The molecule has 0 radical (unpaired) electrons. The van der Waals surface area contributed by atoms with Crippen LogP contribution in [0.5, 0.6) is 0 Å². The van der Waals surface area contributed by atoms with Crippen LogP contribution in [0, 0.1) is 5.82 Å². The van der Waals surface area contributed by atoms with Crippen LogP contribution < -0.4 is 10.0 Å². The monoisotopic (exact) mass is 390 g/mol. The second kappa shape index (κ2) is 8.52. The van der Waals surface area contributed by atoms with Crippen LogP contribution in [-0.4, -0.2) is 20.4 Å². The zero-order valence-electron chi connectivity index (χ0n) is 14.9. The van der Waals surface area contributed by atoms with Gasteiger partial charge in [0, 0.05) is 11.7 Å². The van der Waals surface area contributed by atoms with E-state index in [0.29, 0.717) is 5.69 Å². The normalized spacial score (nSPS) is 15.3. The van der Waals surface area contributed by atoms with Gasteiger partial charge in [0.15, 0.2) is 0 Å². The minimum atomic E-state index is -3.78. The first-order chi connectivity index (χ1) is 12.9. The molecule has 2 aromatic rings. The van der Waals surface area contributed by atoms with Crippen molar-refractivity contribution in [3.8, 4) is 0 Å². The van der Waals surface area contributed by atoms with E-state index >= 15 is 0 Å². The van der Waals surface area contributed by atoms with Gasteiger partial charge in [0.1, 0.15) is 5.82 Å². The van der Waals surface area contributed by atoms with Crippen molar-refractivity contribution in [2.24, 2.45) is 0 Å². The molecule has 0 aliphatic heterocycles. The van der Waals surface area contributed by atoms with Crippen LogP contribution in [0.2, 0.25) is 0 Å². The maximum Gasteiger partial charge on any atom is 0.261 e. The number of hydrogen-bond acceptors (Lipinski definition) is 3. The number of anilines is 1. The molecule has 2 N–H and O–H groups in total. The molecule has 1 aliphatic rings. The minimum absolute atomic E-state index is 0.0125. The smallest absolute Gasteiger partial charge is 0.261 e. The maximum absolute atomic E-state index is 13.0. The van der Waals surface area contributed by atoms with Gasteiger partial charge < -0.3 is 5.32 Å². The van der Waals surface area contributed by atoms with Crippen molar-refractivity contribution in [2.75, 3.05) is 4.72 Å². The molecule has 3 rings (SSSR count). The van der Waals surface area contributed by atoms with E-state index in [-0.39, 0.29) is 23.3 Å². The first-order valence-corrected chi connectivity index (χ1v) is 10.6. The largest absolute Gasteiger partial charge is 0.353 e. The highest BCUT2D eigenvalue weighted by Gasteiger charge is 2.16. The van der Waals surface area contributed by atoms with Gasteiger partial charge in [-0.25, -0.2) is 12.8 Å². The molecule has 0 heterocycles. The van der Waals surface area contributed by atoms with Crippen LogP contribution >= 0.6 is 0 Å². The highest BCUT2D eigenvalue weighted by atomic mass is 32.2. The molecule has 1 saturated carbocycles. The number of nitrogens with one attached hydrogen (secondary N) is 2. The van der Waals surface area contributed by atoms with E-state index in [4.69, 9.17) is 0 Å². The van der Waals surface area contributed by atoms with Gasteiger partial charge in [0.25, 0.3) is 10.0 Å². The van der Waals surface area contributed by atoms with Gasteiger partial charge in [-0.15, -0.1) is 0 Å². The van der Waals surface area contributed by atoms with Crippen LogP contribution in [0.15, 0.2) is 53.4 Å². The third-order valence-electron chi connectivity index (χ3n) is 4.67. The Labute approximate surface area is 159 Å². The van der Waals surface area contributed by atoms with Gasteiger partial charge >= 0.3 is 0 Å². The van der Waals surface area contributed by atoms with Crippen molar-refractivity contribution < 1.29 is 17.6 Å². The topological polar surface area (TPSA) is 75.3 Å². The fraction of sp³-hybridized carbons (Fsp3) is 0.350. The number of hydrogen-bond donors (Lipinski definition) is 2. The summed E-state index contributed by atoms with van der Waals surface area (Å²) >= 11 is 0. The standard InChI is InChI=1S/C20H23FN2O3S/c21-16-8-12-19(13-9-16)27(25,26)23-18-10-6-15(7-11-18)14-20(24)22-17-4-2-1-3-5-17/h6-13,17,23H,1-5,14H2,(H,22,24). The Morgan fingerprint density at radius 3 is 2.22 bits per heavy atom. The quantitative estimate of drug-likeness (QED) is 0.791. The summed E-state index contributed by atoms with van der Waals surface area (Å²) in [5.74, 6) is -0.508. The van der Waals surface area contributed by atoms with Gasteiger partial charge in [-0.05, 0) is 54.8 Å². The number of amides is 1. The molecule has 0 aromatic heterocycles. The summed E-state index contributed by atoms with van der Waals surface area (Å²) in [7, 11) is -3.78. The lowest BCUT2D eigenvalue weighted by molar-refractivity contribution is -0.121. The molecule has 5 nitrogen and oxygen atoms in total. The van der Waals surface area contributed by atoms with E-state index in [2.05, 4.69) is 10.0 Å². The molecule has 144 valence electrons. The molecule has 0 unspecified atom stereocenters. The second-order valence-corrected chi connectivity index (χ2v) is 8.52. The summed E-state index contributed by atoms with van der Waals surface area (Å²) in [5, 5.41) is 3.07. The van der Waals surface area contributed by atoms with E-state index in [1.54, 1.807) is 24.3 Å². The number of benzene rings is 2. The third-order valence-corrected chi connectivity index (χ3v) is 6.06. The molecular formula is C20H23FN2O3S. The van der Waals surface area contributed by atoms with Crippen molar-refractivity contribution in [1.82, 2.24) is 5.32 Å². The Morgan fingerprint density at radius 1 is 0.963 bits per heavy atom. The SMILES string of the molecule is O=C(Cc1ccc(NS(=O)(=O)c2ccc(F)cc2)cc1)NC1CCCCC1. The first kappa shape index (κ1) is 19.4. The lowest BCUT2D eigenvalue weighted by Crippen LogP contribution is -2.37. The number of carbonyl (C=O) groups excluding carboxylic acids is 1. The van der Waals surface area contributed by atoms with Gasteiger partial charge in [0.05, 0.1) is 11.3 Å². The van der Waals surface area contributed by atoms with E-state index < -0.39 is 15.8 Å². The third kappa shape index (κ3) is 5.53. The molecule has 0 bridgehead atoms. The molecule has 0 atom stereocenters. The fourth-order valence-electron chi connectivity index (χ4n) is 3.23. The summed E-state index contributed by atoms with van der Waals surface area (Å²) < 4.78 is 40.0. The molecule has 2 aromatic carbocycles. The van der Waals surface area contributed by atoms with E-state index in [1.807, 2.05) is 0 Å². The van der Waals surface area contributed by atoms with Gasteiger partial charge in [-0.2, -0.15) is 0 Å². The average Bonchev–Trinajstić information content (AvgIpc) is 2.64.